The minimum Gasteiger partial charge on any atom is -0.497 e. The molecule has 0 radical (unpaired) electrons. The summed E-state index contributed by atoms with van der Waals surface area (Å²) in [6.07, 6.45) is 2.29. The maximum absolute atomic E-state index is 12.4. The van der Waals surface area contributed by atoms with Crippen LogP contribution in [0.25, 0.3) is 0 Å². The number of ether oxygens (including phenoxy) is 2. The maximum Gasteiger partial charge on any atom is 0.225 e. The van der Waals surface area contributed by atoms with Crippen LogP contribution >= 0.6 is 11.8 Å². The fourth-order valence-electron chi connectivity index (χ4n) is 2.46. The number of hydrogen-bond donors (Lipinski definition) is 1. The fraction of sp³-hybridized carbons (Fsp3) is 0.316. The van der Waals surface area contributed by atoms with Gasteiger partial charge in [-0.1, -0.05) is 12.1 Å². The molecule has 0 aliphatic rings. The van der Waals surface area contributed by atoms with Crippen molar-refractivity contribution in [3.05, 3.63) is 53.6 Å². The molecule has 0 bridgehead atoms. The van der Waals surface area contributed by atoms with E-state index < -0.39 is 0 Å². The van der Waals surface area contributed by atoms with Gasteiger partial charge in [0.15, 0.2) is 0 Å². The van der Waals surface area contributed by atoms with E-state index in [4.69, 9.17) is 9.47 Å². The van der Waals surface area contributed by atoms with E-state index in [1.807, 2.05) is 43.5 Å². The molecule has 0 aliphatic heterocycles. The van der Waals surface area contributed by atoms with Gasteiger partial charge in [0.2, 0.25) is 5.91 Å². The monoisotopic (exact) mass is 345 g/mol. The minimum absolute atomic E-state index is 0.0509. The molecule has 0 saturated heterocycles. The third-order valence-electron chi connectivity index (χ3n) is 3.83. The number of hydrogen-bond acceptors (Lipinski definition) is 4. The van der Waals surface area contributed by atoms with Crippen molar-refractivity contribution in [1.82, 2.24) is 5.32 Å². The van der Waals surface area contributed by atoms with E-state index in [0.717, 1.165) is 11.1 Å². The Labute approximate surface area is 147 Å². The molecule has 1 amide bonds. The molecule has 24 heavy (non-hydrogen) atoms. The van der Waals surface area contributed by atoms with Crippen LogP contribution in [0.2, 0.25) is 0 Å². The topological polar surface area (TPSA) is 47.6 Å². The van der Waals surface area contributed by atoms with Crippen LogP contribution in [0.3, 0.4) is 0 Å². The summed E-state index contributed by atoms with van der Waals surface area (Å²) in [5, 5.41) is 3.03. The van der Waals surface area contributed by atoms with Gasteiger partial charge >= 0.3 is 0 Å². The molecule has 1 unspecified atom stereocenters. The molecule has 2 aromatic carbocycles. The lowest BCUT2D eigenvalue weighted by Gasteiger charge is -2.16. The molecule has 0 heterocycles. The number of methoxy groups -OCH3 is 2. The van der Waals surface area contributed by atoms with E-state index in [1.165, 1.54) is 4.90 Å². The van der Waals surface area contributed by atoms with Gasteiger partial charge in [-0.15, -0.1) is 11.8 Å². The molecule has 0 saturated carbocycles. The first-order valence-electron chi connectivity index (χ1n) is 7.71. The number of benzene rings is 2. The lowest BCUT2D eigenvalue weighted by molar-refractivity contribution is -0.121. The van der Waals surface area contributed by atoms with E-state index in [9.17, 15) is 4.79 Å². The molecule has 4 nitrogen and oxygen atoms in total. The highest BCUT2D eigenvalue weighted by Crippen LogP contribution is 2.25. The second-order valence-electron chi connectivity index (χ2n) is 5.42. The number of rotatable bonds is 7. The van der Waals surface area contributed by atoms with Crippen LogP contribution in [-0.2, 0) is 11.2 Å². The molecular formula is C19H23NO3S. The molecular weight excluding hydrogens is 322 g/mol. The van der Waals surface area contributed by atoms with Gasteiger partial charge in [0.25, 0.3) is 0 Å². The van der Waals surface area contributed by atoms with Crippen molar-refractivity contribution in [1.29, 1.82) is 0 Å². The highest BCUT2D eigenvalue weighted by atomic mass is 32.2. The number of nitrogens with one attached hydrogen (secondary N) is 1. The maximum atomic E-state index is 12.4. The summed E-state index contributed by atoms with van der Waals surface area (Å²) in [7, 11) is 3.20. The Morgan fingerprint density at radius 1 is 1.12 bits per heavy atom. The Morgan fingerprint density at radius 3 is 2.42 bits per heavy atom. The second kappa shape index (κ2) is 8.64. The van der Waals surface area contributed by atoms with Crippen LogP contribution in [0.15, 0.2) is 47.4 Å². The molecule has 1 N–H and O–H groups in total. The van der Waals surface area contributed by atoms with Crippen molar-refractivity contribution in [2.24, 2.45) is 0 Å². The highest BCUT2D eigenvalue weighted by molar-refractivity contribution is 7.98. The standard InChI is InChI=1S/C19H23NO3S/c1-13(14-5-8-17(24-4)9-6-14)20-19(21)12-15-11-16(22-2)7-10-18(15)23-3/h5-11,13H,12H2,1-4H3,(H,20,21). The van der Waals surface area contributed by atoms with Crippen LogP contribution in [0.5, 0.6) is 11.5 Å². The summed E-state index contributed by atoms with van der Waals surface area (Å²) in [6, 6.07) is 13.6. The number of carbonyl (C=O) groups excluding carboxylic acids is 1. The van der Waals surface area contributed by atoms with Crippen LogP contribution in [0.4, 0.5) is 0 Å². The van der Waals surface area contributed by atoms with Gasteiger partial charge in [0, 0.05) is 10.5 Å². The number of amides is 1. The first-order chi connectivity index (χ1) is 11.6. The summed E-state index contributed by atoms with van der Waals surface area (Å²) in [4.78, 5) is 13.6. The van der Waals surface area contributed by atoms with Crippen LogP contribution < -0.4 is 14.8 Å². The predicted octanol–water partition coefficient (Wildman–Crippen LogP) is 3.85. The molecule has 0 aromatic heterocycles. The first kappa shape index (κ1) is 18.2. The van der Waals surface area contributed by atoms with Crippen molar-refractivity contribution < 1.29 is 14.3 Å². The summed E-state index contributed by atoms with van der Waals surface area (Å²) in [5.41, 5.74) is 1.89. The predicted molar refractivity (Wildman–Crippen MR) is 98.0 cm³/mol. The smallest absolute Gasteiger partial charge is 0.225 e. The third kappa shape index (κ3) is 4.68. The minimum atomic E-state index is -0.0528. The normalized spacial score (nSPS) is 11.7. The van der Waals surface area contributed by atoms with Crippen molar-refractivity contribution in [3.8, 4) is 11.5 Å². The van der Waals surface area contributed by atoms with Crippen molar-refractivity contribution in [2.45, 2.75) is 24.3 Å². The van der Waals surface area contributed by atoms with E-state index in [0.29, 0.717) is 11.5 Å². The lowest BCUT2D eigenvalue weighted by atomic mass is 10.1. The lowest BCUT2D eigenvalue weighted by Crippen LogP contribution is -2.28. The Hall–Kier alpha value is -2.14. The quantitative estimate of drug-likeness (QED) is 0.775. The number of carbonyl (C=O) groups is 1. The Bertz CT molecular complexity index is 686. The van der Waals surface area contributed by atoms with Crippen molar-refractivity contribution in [2.75, 3.05) is 20.5 Å². The van der Waals surface area contributed by atoms with Crippen LogP contribution in [0, 0.1) is 0 Å². The summed E-state index contributed by atoms with van der Waals surface area (Å²) >= 11 is 1.70. The highest BCUT2D eigenvalue weighted by Gasteiger charge is 2.13. The molecule has 5 heteroatoms. The van der Waals surface area contributed by atoms with Gasteiger partial charge < -0.3 is 14.8 Å². The molecule has 128 valence electrons. The van der Waals surface area contributed by atoms with Crippen molar-refractivity contribution in [3.63, 3.8) is 0 Å². The molecule has 1 atom stereocenters. The van der Waals surface area contributed by atoms with Gasteiger partial charge in [0.05, 0.1) is 26.7 Å². The average molecular weight is 345 g/mol. The van der Waals surface area contributed by atoms with Crippen LogP contribution in [-0.4, -0.2) is 26.4 Å². The zero-order valence-corrected chi connectivity index (χ0v) is 15.3. The number of thioether (sulfide) groups is 1. The first-order valence-corrected chi connectivity index (χ1v) is 8.94. The Kier molecular flexibility index (Phi) is 6.55. The van der Waals surface area contributed by atoms with Gasteiger partial charge in [0.1, 0.15) is 11.5 Å². The van der Waals surface area contributed by atoms with E-state index >= 15 is 0 Å². The zero-order chi connectivity index (χ0) is 17.5. The molecule has 0 spiro atoms. The largest absolute Gasteiger partial charge is 0.497 e. The van der Waals surface area contributed by atoms with Gasteiger partial charge in [-0.3, -0.25) is 4.79 Å². The summed E-state index contributed by atoms with van der Waals surface area (Å²) in [6.45, 7) is 1.98. The fourth-order valence-corrected chi connectivity index (χ4v) is 2.87. The molecule has 2 aromatic rings. The van der Waals surface area contributed by atoms with Gasteiger partial charge in [-0.05, 0) is 49.1 Å². The molecule has 0 fully saturated rings. The van der Waals surface area contributed by atoms with Crippen molar-refractivity contribution >= 4 is 17.7 Å². The van der Waals surface area contributed by atoms with E-state index in [1.54, 1.807) is 26.0 Å². The van der Waals surface area contributed by atoms with Gasteiger partial charge in [-0.25, -0.2) is 0 Å². The van der Waals surface area contributed by atoms with E-state index in [-0.39, 0.29) is 18.4 Å². The van der Waals surface area contributed by atoms with Crippen LogP contribution in [0.1, 0.15) is 24.1 Å². The third-order valence-corrected chi connectivity index (χ3v) is 4.58. The zero-order valence-electron chi connectivity index (χ0n) is 14.5. The molecule has 0 aliphatic carbocycles. The van der Waals surface area contributed by atoms with E-state index in [2.05, 4.69) is 17.4 Å². The molecule has 2 rings (SSSR count). The van der Waals surface area contributed by atoms with Gasteiger partial charge in [-0.2, -0.15) is 0 Å². The average Bonchev–Trinajstić information content (AvgIpc) is 2.61. The second-order valence-corrected chi connectivity index (χ2v) is 6.30. The summed E-state index contributed by atoms with van der Waals surface area (Å²) in [5.74, 6) is 1.34. The Morgan fingerprint density at radius 2 is 1.83 bits per heavy atom. The Balaban J connectivity index is 2.04. The SMILES string of the molecule is COc1ccc(OC)c(CC(=O)NC(C)c2ccc(SC)cc2)c1. The summed E-state index contributed by atoms with van der Waals surface area (Å²) < 4.78 is 10.5.